The molecule has 0 aliphatic carbocycles. The van der Waals surface area contributed by atoms with E-state index in [1.165, 1.54) is 6.07 Å². The Hall–Kier alpha value is -1.81. The predicted octanol–water partition coefficient (Wildman–Crippen LogP) is 3.48. The van der Waals surface area contributed by atoms with E-state index in [0.29, 0.717) is 5.02 Å². The van der Waals surface area contributed by atoms with Crippen LogP contribution in [0.5, 0.6) is 0 Å². The van der Waals surface area contributed by atoms with Crippen LogP contribution in [-0.4, -0.2) is 20.9 Å². The SMILES string of the molecule is CC(C)n1nccc1-c1cc(Cl)cc(C(=O)O)c1. The van der Waals surface area contributed by atoms with E-state index < -0.39 is 5.97 Å². The van der Waals surface area contributed by atoms with Crippen molar-refractivity contribution in [1.29, 1.82) is 0 Å². The summed E-state index contributed by atoms with van der Waals surface area (Å²) >= 11 is 5.95. The predicted molar refractivity (Wildman–Crippen MR) is 70.0 cm³/mol. The fourth-order valence-corrected chi connectivity index (χ4v) is 2.05. The molecule has 2 rings (SSSR count). The second kappa shape index (κ2) is 4.82. The lowest BCUT2D eigenvalue weighted by atomic mass is 10.1. The van der Waals surface area contributed by atoms with E-state index in [1.807, 2.05) is 24.6 Å². The molecule has 0 fully saturated rings. The summed E-state index contributed by atoms with van der Waals surface area (Å²) in [5, 5.41) is 13.7. The van der Waals surface area contributed by atoms with Gasteiger partial charge >= 0.3 is 5.97 Å². The standard InChI is InChI=1S/C13H13ClN2O2/c1-8(2)16-12(3-4-15-16)9-5-10(13(17)18)7-11(14)6-9/h3-8H,1-2H3,(H,17,18). The Labute approximate surface area is 110 Å². The number of carboxylic acid groups (broad SMARTS) is 1. The Morgan fingerprint density at radius 1 is 1.39 bits per heavy atom. The van der Waals surface area contributed by atoms with Gasteiger partial charge in [-0.15, -0.1) is 0 Å². The number of rotatable bonds is 3. The minimum atomic E-state index is -0.991. The van der Waals surface area contributed by atoms with E-state index in [0.717, 1.165) is 11.3 Å². The molecule has 0 unspecified atom stereocenters. The minimum Gasteiger partial charge on any atom is -0.478 e. The van der Waals surface area contributed by atoms with Gasteiger partial charge in [0.05, 0.1) is 11.3 Å². The Morgan fingerprint density at radius 2 is 2.11 bits per heavy atom. The summed E-state index contributed by atoms with van der Waals surface area (Å²) in [5.41, 5.74) is 1.79. The normalized spacial score (nSPS) is 10.9. The number of benzene rings is 1. The van der Waals surface area contributed by atoms with Gasteiger partial charge in [0.1, 0.15) is 0 Å². The second-order valence-corrected chi connectivity index (χ2v) is 4.72. The zero-order chi connectivity index (χ0) is 13.3. The lowest BCUT2D eigenvalue weighted by Gasteiger charge is -2.11. The molecule has 1 heterocycles. The van der Waals surface area contributed by atoms with E-state index in [1.54, 1.807) is 18.3 Å². The van der Waals surface area contributed by atoms with E-state index in [-0.39, 0.29) is 11.6 Å². The Morgan fingerprint density at radius 3 is 2.72 bits per heavy atom. The molecule has 18 heavy (non-hydrogen) atoms. The maximum Gasteiger partial charge on any atom is 0.335 e. The van der Waals surface area contributed by atoms with Gasteiger partial charge in [0.15, 0.2) is 0 Å². The lowest BCUT2D eigenvalue weighted by molar-refractivity contribution is 0.0697. The number of carbonyl (C=O) groups is 1. The molecule has 0 bridgehead atoms. The van der Waals surface area contributed by atoms with E-state index in [4.69, 9.17) is 16.7 Å². The molecule has 94 valence electrons. The molecule has 1 aromatic carbocycles. The molecule has 1 aromatic heterocycles. The van der Waals surface area contributed by atoms with Crippen LogP contribution in [0.25, 0.3) is 11.3 Å². The summed E-state index contributed by atoms with van der Waals surface area (Å²) in [6.07, 6.45) is 1.69. The minimum absolute atomic E-state index is 0.175. The van der Waals surface area contributed by atoms with Gasteiger partial charge in [-0.05, 0) is 38.1 Å². The van der Waals surface area contributed by atoms with Gasteiger partial charge in [-0.1, -0.05) is 11.6 Å². The van der Waals surface area contributed by atoms with E-state index in [2.05, 4.69) is 5.10 Å². The van der Waals surface area contributed by atoms with Crippen LogP contribution >= 0.6 is 11.6 Å². The number of nitrogens with zero attached hydrogens (tertiary/aromatic N) is 2. The Bertz CT molecular complexity index is 590. The number of carboxylic acids is 1. The highest BCUT2D eigenvalue weighted by atomic mass is 35.5. The first-order chi connectivity index (χ1) is 8.49. The maximum atomic E-state index is 11.0. The quantitative estimate of drug-likeness (QED) is 0.923. The zero-order valence-electron chi connectivity index (χ0n) is 10.1. The average Bonchev–Trinajstić information content (AvgIpc) is 2.76. The molecule has 0 aliphatic rings. The van der Waals surface area contributed by atoms with E-state index in [9.17, 15) is 4.79 Å². The van der Waals surface area contributed by atoms with Crippen LogP contribution in [0.2, 0.25) is 5.02 Å². The molecule has 5 heteroatoms. The monoisotopic (exact) mass is 264 g/mol. The first-order valence-electron chi connectivity index (χ1n) is 5.57. The summed E-state index contributed by atoms with van der Waals surface area (Å²) in [6.45, 7) is 4.03. The third kappa shape index (κ3) is 2.38. The topological polar surface area (TPSA) is 55.1 Å². The van der Waals surface area contributed by atoms with E-state index >= 15 is 0 Å². The smallest absolute Gasteiger partial charge is 0.335 e. The van der Waals surface area contributed by atoms with Crippen molar-refractivity contribution in [1.82, 2.24) is 9.78 Å². The van der Waals surface area contributed by atoms with Crippen molar-refractivity contribution in [3.05, 3.63) is 41.0 Å². The highest BCUT2D eigenvalue weighted by Crippen LogP contribution is 2.26. The first-order valence-corrected chi connectivity index (χ1v) is 5.94. The fraction of sp³-hybridized carbons (Fsp3) is 0.231. The number of aromatic nitrogens is 2. The molecule has 1 N–H and O–H groups in total. The molecule has 0 spiro atoms. The molecule has 0 saturated heterocycles. The summed E-state index contributed by atoms with van der Waals surface area (Å²) < 4.78 is 1.83. The third-order valence-corrected chi connectivity index (χ3v) is 2.82. The molecule has 0 atom stereocenters. The molecule has 0 amide bonds. The molecular weight excluding hydrogens is 252 g/mol. The van der Waals surface area contributed by atoms with Crippen LogP contribution < -0.4 is 0 Å². The summed E-state index contributed by atoms with van der Waals surface area (Å²) in [4.78, 5) is 11.0. The highest BCUT2D eigenvalue weighted by molar-refractivity contribution is 6.31. The van der Waals surface area contributed by atoms with Gasteiger partial charge in [-0.2, -0.15) is 5.10 Å². The molecule has 2 aromatic rings. The zero-order valence-corrected chi connectivity index (χ0v) is 10.8. The number of hydrogen-bond acceptors (Lipinski definition) is 2. The van der Waals surface area contributed by atoms with Gasteiger partial charge in [-0.3, -0.25) is 4.68 Å². The maximum absolute atomic E-state index is 11.0. The number of hydrogen-bond donors (Lipinski definition) is 1. The van der Waals surface area contributed by atoms with Crippen LogP contribution in [-0.2, 0) is 0 Å². The Balaban J connectivity index is 2.57. The third-order valence-electron chi connectivity index (χ3n) is 2.60. The van der Waals surface area contributed by atoms with Gasteiger partial charge in [0.25, 0.3) is 0 Å². The summed E-state index contributed by atoms with van der Waals surface area (Å²) in [6, 6.07) is 6.82. The second-order valence-electron chi connectivity index (χ2n) is 4.29. The van der Waals surface area contributed by atoms with Crippen molar-refractivity contribution in [2.24, 2.45) is 0 Å². The van der Waals surface area contributed by atoms with Crippen molar-refractivity contribution in [2.45, 2.75) is 19.9 Å². The van der Waals surface area contributed by atoms with Gasteiger partial charge in [0.2, 0.25) is 0 Å². The van der Waals surface area contributed by atoms with Gasteiger partial charge in [-0.25, -0.2) is 4.79 Å². The first kappa shape index (κ1) is 12.6. The molecule has 4 nitrogen and oxygen atoms in total. The average molecular weight is 265 g/mol. The summed E-state index contributed by atoms with van der Waals surface area (Å²) in [5.74, 6) is -0.991. The van der Waals surface area contributed by atoms with Crippen molar-refractivity contribution in [3.8, 4) is 11.3 Å². The number of aromatic carboxylic acids is 1. The number of halogens is 1. The molecule has 0 saturated carbocycles. The lowest BCUT2D eigenvalue weighted by Crippen LogP contribution is -2.05. The molecule has 0 aliphatic heterocycles. The molecule has 0 radical (unpaired) electrons. The van der Waals surface area contributed by atoms with Crippen molar-refractivity contribution in [2.75, 3.05) is 0 Å². The highest BCUT2D eigenvalue weighted by Gasteiger charge is 2.12. The molecular formula is C13H13ClN2O2. The van der Waals surface area contributed by atoms with Gasteiger partial charge in [0, 0.05) is 22.8 Å². The van der Waals surface area contributed by atoms with Crippen LogP contribution in [0.4, 0.5) is 0 Å². The van der Waals surface area contributed by atoms with Crippen molar-refractivity contribution >= 4 is 17.6 Å². The largest absolute Gasteiger partial charge is 0.478 e. The van der Waals surface area contributed by atoms with Crippen LogP contribution in [0, 0.1) is 0 Å². The van der Waals surface area contributed by atoms with Crippen LogP contribution in [0.1, 0.15) is 30.2 Å². The Kier molecular flexibility index (Phi) is 3.39. The summed E-state index contributed by atoms with van der Waals surface area (Å²) in [7, 11) is 0. The fourth-order valence-electron chi connectivity index (χ4n) is 1.82. The van der Waals surface area contributed by atoms with Crippen molar-refractivity contribution < 1.29 is 9.90 Å². The van der Waals surface area contributed by atoms with Crippen LogP contribution in [0.3, 0.4) is 0 Å². The van der Waals surface area contributed by atoms with Crippen molar-refractivity contribution in [3.63, 3.8) is 0 Å². The van der Waals surface area contributed by atoms with Crippen LogP contribution in [0.15, 0.2) is 30.5 Å². The van der Waals surface area contributed by atoms with Gasteiger partial charge < -0.3 is 5.11 Å².